The van der Waals surface area contributed by atoms with Gasteiger partial charge >= 0.3 is 6.16 Å². The van der Waals surface area contributed by atoms with E-state index in [1.807, 2.05) is 0 Å². The number of ether oxygens (including phenoxy) is 6. The molecule has 132 valence electrons. The van der Waals surface area contributed by atoms with Gasteiger partial charge in [0.25, 0.3) is 0 Å². The molecule has 0 saturated heterocycles. The van der Waals surface area contributed by atoms with E-state index >= 15 is 0 Å². The molecule has 0 fully saturated rings. The summed E-state index contributed by atoms with van der Waals surface area (Å²) in [5, 5.41) is 8.21. The Morgan fingerprint density at radius 2 is 0.955 bits per heavy atom. The lowest BCUT2D eigenvalue weighted by Gasteiger charge is -2.07. The Balaban J connectivity index is 2.95. The Bertz CT molecular complexity index is 237. The second-order valence-electron chi connectivity index (χ2n) is 4.18. The van der Waals surface area contributed by atoms with Gasteiger partial charge in [0, 0.05) is 6.61 Å². The van der Waals surface area contributed by atoms with Crippen molar-refractivity contribution in [3.05, 3.63) is 0 Å². The van der Waals surface area contributed by atoms with Gasteiger partial charge in [0.05, 0.1) is 59.5 Å². The maximum atomic E-state index is 10.0. The topological polar surface area (TPSA) is 92.7 Å². The predicted molar refractivity (Wildman–Crippen MR) is 78.4 cm³/mol. The summed E-state index contributed by atoms with van der Waals surface area (Å²) < 4.78 is 30.5. The Labute approximate surface area is 131 Å². The zero-order valence-corrected chi connectivity index (χ0v) is 13.3. The van der Waals surface area contributed by atoms with Crippen LogP contribution >= 0.6 is 0 Å². The Kier molecular flexibility index (Phi) is 17.4. The van der Waals surface area contributed by atoms with Gasteiger partial charge in [-0.15, -0.1) is 0 Å². The van der Waals surface area contributed by atoms with Crippen LogP contribution < -0.4 is 0 Å². The molecule has 0 aromatic carbocycles. The van der Waals surface area contributed by atoms with E-state index in [1.54, 1.807) is 0 Å². The molecule has 0 aromatic heterocycles. The molecule has 22 heavy (non-hydrogen) atoms. The number of hydrogen-bond acceptors (Lipinski definition) is 7. The summed E-state index contributed by atoms with van der Waals surface area (Å²) in [6.45, 7) is 7.18. The van der Waals surface area contributed by atoms with Gasteiger partial charge in [-0.05, 0) is 6.42 Å². The minimum atomic E-state index is -1.30. The Morgan fingerprint density at radius 1 is 0.636 bits per heavy atom. The van der Waals surface area contributed by atoms with Crippen LogP contribution in [0.25, 0.3) is 0 Å². The molecular formula is C14H28O8. The molecule has 0 unspecified atom stereocenters. The third kappa shape index (κ3) is 19.1. The van der Waals surface area contributed by atoms with E-state index in [2.05, 4.69) is 11.7 Å². The highest BCUT2D eigenvalue weighted by Gasteiger charge is 1.96. The zero-order valence-electron chi connectivity index (χ0n) is 13.3. The van der Waals surface area contributed by atoms with E-state index in [4.69, 9.17) is 28.8 Å². The molecule has 0 aromatic rings. The minimum Gasteiger partial charge on any atom is -0.450 e. The second kappa shape index (κ2) is 18.1. The van der Waals surface area contributed by atoms with Gasteiger partial charge in [0.2, 0.25) is 0 Å². The Hall–Kier alpha value is -0.930. The lowest BCUT2D eigenvalue weighted by Crippen LogP contribution is -2.14. The molecule has 0 aliphatic rings. The lowest BCUT2D eigenvalue weighted by atomic mass is 10.5. The smallest absolute Gasteiger partial charge is 0.450 e. The number of rotatable bonds is 17. The van der Waals surface area contributed by atoms with E-state index in [0.717, 1.165) is 13.0 Å². The molecule has 0 spiro atoms. The fourth-order valence-electron chi connectivity index (χ4n) is 1.31. The van der Waals surface area contributed by atoms with Gasteiger partial charge in [0.1, 0.15) is 6.61 Å². The van der Waals surface area contributed by atoms with Crippen LogP contribution in [0.2, 0.25) is 0 Å². The van der Waals surface area contributed by atoms with Crippen LogP contribution in [0.5, 0.6) is 0 Å². The highest BCUT2D eigenvalue weighted by atomic mass is 16.7. The first kappa shape index (κ1) is 21.1. The molecule has 0 atom stereocenters. The molecule has 0 aliphatic carbocycles. The van der Waals surface area contributed by atoms with E-state index in [9.17, 15) is 4.79 Å². The summed E-state index contributed by atoms with van der Waals surface area (Å²) in [4.78, 5) is 10.0. The molecule has 1 N–H and O–H groups in total. The van der Waals surface area contributed by atoms with Crippen molar-refractivity contribution >= 4 is 6.16 Å². The third-order valence-electron chi connectivity index (χ3n) is 2.29. The van der Waals surface area contributed by atoms with Crippen LogP contribution in [-0.2, 0) is 28.4 Å². The fourth-order valence-corrected chi connectivity index (χ4v) is 1.31. The van der Waals surface area contributed by atoms with Crippen LogP contribution in [0.15, 0.2) is 0 Å². The van der Waals surface area contributed by atoms with Crippen molar-refractivity contribution in [2.24, 2.45) is 0 Å². The van der Waals surface area contributed by atoms with E-state index < -0.39 is 6.16 Å². The monoisotopic (exact) mass is 324 g/mol. The molecule has 0 aliphatic heterocycles. The van der Waals surface area contributed by atoms with Gasteiger partial charge in [-0.2, -0.15) is 0 Å². The summed E-state index contributed by atoms with van der Waals surface area (Å²) in [5.74, 6) is 0. The molecule has 8 nitrogen and oxygen atoms in total. The van der Waals surface area contributed by atoms with E-state index in [0.29, 0.717) is 52.9 Å². The first-order chi connectivity index (χ1) is 10.8. The highest BCUT2D eigenvalue weighted by molar-refractivity contribution is 5.56. The maximum Gasteiger partial charge on any atom is 0.505 e. The number of carbonyl (C=O) groups is 1. The molecular weight excluding hydrogens is 296 g/mol. The summed E-state index contributed by atoms with van der Waals surface area (Å²) in [5.41, 5.74) is 0. The minimum absolute atomic E-state index is 0.0297. The van der Waals surface area contributed by atoms with Crippen molar-refractivity contribution in [3.63, 3.8) is 0 Å². The van der Waals surface area contributed by atoms with Crippen molar-refractivity contribution in [2.75, 3.05) is 72.7 Å². The van der Waals surface area contributed by atoms with E-state index in [-0.39, 0.29) is 13.2 Å². The maximum absolute atomic E-state index is 10.0. The SMILES string of the molecule is CCCOCCOCCOCCOCCOCCOC(=O)O. The second-order valence-corrected chi connectivity index (χ2v) is 4.18. The van der Waals surface area contributed by atoms with Crippen molar-refractivity contribution in [1.29, 1.82) is 0 Å². The first-order valence-corrected chi connectivity index (χ1v) is 7.51. The summed E-state index contributed by atoms with van der Waals surface area (Å²) in [7, 11) is 0. The molecule has 0 saturated carbocycles. The average Bonchev–Trinajstić information content (AvgIpc) is 2.50. The van der Waals surface area contributed by atoms with Gasteiger partial charge in [-0.3, -0.25) is 0 Å². The molecule has 0 heterocycles. The van der Waals surface area contributed by atoms with Crippen LogP contribution in [0, 0.1) is 0 Å². The van der Waals surface area contributed by atoms with Gasteiger partial charge in [0.15, 0.2) is 0 Å². The van der Waals surface area contributed by atoms with Crippen LogP contribution in [0.1, 0.15) is 13.3 Å². The van der Waals surface area contributed by atoms with Gasteiger partial charge < -0.3 is 33.5 Å². The van der Waals surface area contributed by atoms with Crippen LogP contribution in [-0.4, -0.2) is 83.9 Å². The van der Waals surface area contributed by atoms with Crippen molar-refractivity contribution < 1.29 is 38.3 Å². The largest absolute Gasteiger partial charge is 0.505 e. The predicted octanol–water partition coefficient (Wildman–Crippen LogP) is 1.17. The standard InChI is InChI=1S/C14H28O8/c1-2-3-17-4-5-18-6-7-19-8-9-20-10-11-21-12-13-22-14(15)16/h2-13H2,1H3,(H,15,16). The summed E-state index contributed by atoms with van der Waals surface area (Å²) in [6.07, 6.45) is -0.279. The normalized spacial score (nSPS) is 10.8. The van der Waals surface area contributed by atoms with Gasteiger partial charge in [-0.25, -0.2) is 4.79 Å². The highest BCUT2D eigenvalue weighted by Crippen LogP contribution is 1.85. The molecule has 8 heteroatoms. The molecule has 0 rings (SSSR count). The van der Waals surface area contributed by atoms with Crippen molar-refractivity contribution in [1.82, 2.24) is 0 Å². The summed E-state index contributed by atoms with van der Waals surface area (Å²) in [6, 6.07) is 0. The lowest BCUT2D eigenvalue weighted by molar-refractivity contribution is -0.0151. The van der Waals surface area contributed by atoms with Crippen molar-refractivity contribution in [3.8, 4) is 0 Å². The average molecular weight is 324 g/mol. The fraction of sp³-hybridized carbons (Fsp3) is 0.929. The Morgan fingerprint density at radius 3 is 1.27 bits per heavy atom. The zero-order chi connectivity index (χ0) is 16.3. The third-order valence-corrected chi connectivity index (χ3v) is 2.29. The van der Waals surface area contributed by atoms with Gasteiger partial charge in [-0.1, -0.05) is 6.92 Å². The first-order valence-electron chi connectivity index (χ1n) is 7.51. The van der Waals surface area contributed by atoms with Crippen molar-refractivity contribution in [2.45, 2.75) is 13.3 Å². The van der Waals surface area contributed by atoms with Crippen LogP contribution in [0.3, 0.4) is 0 Å². The molecule has 0 radical (unpaired) electrons. The number of hydrogen-bond donors (Lipinski definition) is 1. The molecule has 0 amide bonds. The van der Waals surface area contributed by atoms with E-state index in [1.165, 1.54) is 0 Å². The summed E-state index contributed by atoms with van der Waals surface area (Å²) >= 11 is 0. The molecule has 0 bridgehead atoms. The quantitative estimate of drug-likeness (QED) is 0.315. The number of carboxylic acid groups (broad SMARTS) is 1. The van der Waals surface area contributed by atoms with Crippen LogP contribution in [0.4, 0.5) is 4.79 Å².